The first-order chi connectivity index (χ1) is 10.4. The first-order valence-electron chi connectivity index (χ1n) is 6.31. The average Bonchev–Trinajstić information content (AvgIpc) is 2.51. The van der Waals surface area contributed by atoms with Crippen molar-refractivity contribution in [1.29, 1.82) is 5.26 Å². The standard InChI is InChI=1S/C16H11Cl2FN2O/c1-21(9-11-4-2-10(8-20)3-5-11)16(22)12-6-15(19)14(18)7-13(12)17/h2-7H,9H2,1H3. The van der Waals surface area contributed by atoms with E-state index in [0.717, 1.165) is 11.6 Å². The first-order valence-corrected chi connectivity index (χ1v) is 7.07. The van der Waals surface area contributed by atoms with Crippen LogP contribution in [0, 0.1) is 17.1 Å². The Morgan fingerprint density at radius 2 is 1.86 bits per heavy atom. The highest BCUT2D eigenvalue weighted by molar-refractivity contribution is 6.36. The van der Waals surface area contributed by atoms with E-state index in [-0.39, 0.29) is 15.6 Å². The van der Waals surface area contributed by atoms with Crippen molar-refractivity contribution < 1.29 is 9.18 Å². The number of hydrogen-bond acceptors (Lipinski definition) is 2. The van der Waals surface area contributed by atoms with E-state index in [1.165, 1.54) is 11.0 Å². The van der Waals surface area contributed by atoms with Gasteiger partial charge in [0.25, 0.3) is 5.91 Å². The topological polar surface area (TPSA) is 44.1 Å². The number of amides is 1. The fourth-order valence-corrected chi connectivity index (χ4v) is 2.39. The van der Waals surface area contributed by atoms with Gasteiger partial charge in [0.2, 0.25) is 0 Å². The second-order valence-electron chi connectivity index (χ2n) is 4.72. The van der Waals surface area contributed by atoms with Gasteiger partial charge in [0.05, 0.1) is 27.2 Å². The molecular formula is C16H11Cl2FN2O. The molecule has 0 spiro atoms. The zero-order chi connectivity index (χ0) is 16.3. The van der Waals surface area contributed by atoms with E-state index in [4.69, 9.17) is 28.5 Å². The van der Waals surface area contributed by atoms with Gasteiger partial charge in [0.1, 0.15) is 5.82 Å². The number of carbonyl (C=O) groups is 1. The van der Waals surface area contributed by atoms with Crippen LogP contribution >= 0.6 is 23.2 Å². The lowest BCUT2D eigenvalue weighted by Gasteiger charge is -2.18. The summed E-state index contributed by atoms with van der Waals surface area (Å²) in [6.45, 7) is 0.311. The maximum atomic E-state index is 13.5. The van der Waals surface area contributed by atoms with Crippen molar-refractivity contribution >= 4 is 29.1 Å². The molecule has 0 bridgehead atoms. The third-order valence-corrected chi connectivity index (χ3v) is 3.69. The van der Waals surface area contributed by atoms with Crippen LogP contribution in [0.4, 0.5) is 4.39 Å². The normalized spacial score (nSPS) is 10.1. The van der Waals surface area contributed by atoms with E-state index >= 15 is 0 Å². The van der Waals surface area contributed by atoms with Crippen LogP contribution in [-0.4, -0.2) is 17.9 Å². The fourth-order valence-electron chi connectivity index (χ4n) is 1.92. The van der Waals surface area contributed by atoms with Crippen LogP contribution in [0.25, 0.3) is 0 Å². The highest BCUT2D eigenvalue weighted by atomic mass is 35.5. The van der Waals surface area contributed by atoms with Gasteiger partial charge >= 0.3 is 0 Å². The molecule has 22 heavy (non-hydrogen) atoms. The summed E-state index contributed by atoms with van der Waals surface area (Å²) in [5.41, 5.74) is 1.45. The number of hydrogen-bond donors (Lipinski definition) is 0. The van der Waals surface area contributed by atoms with Crippen LogP contribution in [0.2, 0.25) is 10.0 Å². The summed E-state index contributed by atoms with van der Waals surface area (Å²) in [5, 5.41) is 8.72. The summed E-state index contributed by atoms with van der Waals surface area (Å²) in [6.07, 6.45) is 0. The monoisotopic (exact) mass is 336 g/mol. The van der Waals surface area contributed by atoms with Crippen molar-refractivity contribution in [2.24, 2.45) is 0 Å². The molecule has 2 aromatic carbocycles. The Kier molecular flexibility index (Phi) is 5.02. The molecule has 0 aliphatic heterocycles. The van der Waals surface area contributed by atoms with Gasteiger partial charge in [-0.05, 0) is 29.8 Å². The molecular weight excluding hydrogens is 326 g/mol. The Labute approximate surface area is 137 Å². The van der Waals surface area contributed by atoms with Crippen molar-refractivity contribution in [2.75, 3.05) is 7.05 Å². The molecule has 2 rings (SSSR count). The van der Waals surface area contributed by atoms with Gasteiger partial charge in [0.15, 0.2) is 0 Å². The van der Waals surface area contributed by atoms with Crippen molar-refractivity contribution in [3.63, 3.8) is 0 Å². The molecule has 3 nitrogen and oxygen atoms in total. The Morgan fingerprint density at radius 3 is 2.45 bits per heavy atom. The summed E-state index contributed by atoms with van der Waals surface area (Å²) >= 11 is 11.6. The van der Waals surface area contributed by atoms with Crippen LogP contribution in [0.5, 0.6) is 0 Å². The molecule has 0 aromatic heterocycles. The van der Waals surface area contributed by atoms with Gasteiger partial charge in [-0.1, -0.05) is 35.3 Å². The fraction of sp³-hybridized carbons (Fsp3) is 0.125. The summed E-state index contributed by atoms with van der Waals surface area (Å²) in [4.78, 5) is 13.7. The Bertz CT molecular complexity index is 754. The van der Waals surface area contributed by atoms with Crippen molar-refractivity contribution in [3.05, 3.63) is 69.0 Å². The zero-order valence-electron chi connectivity index (χ0n) is 11.6. The number of benzene rings is 2. The summed E-state index contributed by atoms with van der Waals surface area (Å²) in [6, 6.07) is 11.1. The van der Waals surface area contributed by atoms with Crippen LogP contribution < -0.4 is 0 Å². The Morgan fingerprint density at radius 1 is 1.23 bits per heavy atom. The highest BCUT2D eigenvalue weighted by Gasteiger charge is 2.18. The second kappa shape index (κ2) is 6.78. The third kappa shape index (κ3) is 3.56. The SMILES string of the molecule is CN(Cc1ccc(C#N)cc1)C(=O)c1cc(F)c(Cl)cc1Cl. The number of halogens is 3. The molecule has 2 aromatic rings. The van der Waals surface area contributed by atoms with Crippen LogP contribution in [0.1, 0.15) is 21.5 Å². The minimum Gasteiger partial charge on any atom is -0.337 e. The van der Waals surface area contributed by atoms with Gasteiger partial charge in [-0.15, -0.1) is 0 Å². The van der Waals surface area contributed by atoms with E-state index in [1.807, 2.05) is 6.07 Å². The molecule has 0 fully saturated rings. The second-order valence-corrected chi connectivity index (χ2v) is 5.53. The molecule has 0 N–H and O–H groups in total. The van der Waals surface area contributed by atoms with Crippen molar-refractivity contribution in [3.8, 4) is 6.07 Å². The van der Waals surface area contributed by atoms with E-state index in [0.29, 0.717) is 12.1 Å². The zero-order valence-corrected chi connectivity index (χ0v) is 13.1. The molecule has 0 aliphatic rings. The molecule has 0 saturated carbocycles. The summed E-state index contributed by atoms with van der Waals surface area (Å²) in [7, 11) is 1.59. The lowest BCUT2D eigenvalue weighted by molar-refractivity contribution is 0.0785. The molecule has 1 amide bonds. The number of rotatable bonds is 3. The third-order valence-electron chi connectivity index (χ3n) is 3.09. The van der Waals surface area contributed by atoms with E-state index in [2.05, 4.69) is 0 Å². The molecule has 0 saturated heterocycles. The molecule has 0 atom stereocenters. The lowest BCUT2D eigenvalue weighted by atomic mass is 10.1. The molecule has 0 heterocycles. The maximum Gasteiger partial charge on any atom is 0.255 e. The van der Waals surface area contributed by atoms with Crippen LogP contribution in [-0.2, 0) is 6.54 Å². The average molecular weight is 337 g/mol. The number of nitriles is 1. The molecule has 0 unspecified atom stereocenters. The van der Waals surface area contributed by atoms with E-state index in [1.54, 1.807) is 31.3 Å². The van der Waals surface area contributed by atoms with Crippen LogP contribution in [0.15, 0.2) is 36.4 Å². The number of carbonyl (C=O) groups excluding carboxylic acids is 1. The number of nitrogens with zero attached hydrogens (tertiary/aromatic N) is 2. The van der Waals surface area contributed by atoms with Crippen molar-refractivity contribution in [1.82, 2.24) is 4.90 Å². The molecule has 0 aliphatic carbocycles. The summed E-state index contributed by atoms with van der Waals surface area (Å²) in [5.74, 6) is -1.11. The molecule has 6 heteroatoms. The minimum absolute atomic E-state index is 0.0553. The maximum absolute atomic E-state index is 13.5. The summed E-state index contributed by atoms with van der Waals surface area (Å²) < 4.78 is 13.5. The predicted molar refractivity (Wildman–Crippen MR) is 83.4 cm³/mol. The van der Waals surface area contributed by atoms with Gasteiger partial charge in [0, 0.05) is 13.6 Å². The van der Waals surface area contributed by atoms with Crippen molar-refractivity contribution in [2.45, 2.75) is 6.54 Å². The molecule has 0 radical (unpaired) electrons. The van der Waals surface area contributed by atoms with E-state index in [9.17, 15) is 9.18 Å². The molecule has 112 valence electrons. The van der Waals surface area contributed by atoms with Gasteiger partial charge in [-0.25, -0.2) is 4.39 Å². The highest BCUT2D eigenvalue weighted by Crippen LogP contribution is 2.25. The first kappa shape index (κ1) is 16.3. The van der Waals surface area contributed by atoms with Gasteiger partial charge in [-0.2, -0.15) is 5.26 Å². The Hall–Kier alpha value is -2.09. The minimum atomic E-state index is -0.693. The van der Waals surface area contributed by atoms with E-state index < -0.39 is 11.7 Å². The van der Waals surface area contributed by atoms with Gasteiger partial charge < -0.3 is 4.90 Å². The largest absolute Gasteiger partial charge is 0.337 e. The predicted octanol–water partition coefficient (Wildman–Crippen LogP) is 4.28. The lowest BCUT2D eigenvalue weighted by Crippen LogP contribution is -2.26. The smallest absolute Gasteiger partial charge is 0.255 e. The van der Waals surface area contributed by atoms with Crippen LogP contribution in [0.3, 0.4) is 0 Å². The van der Waals surface area contributed by atoms with Gasteiger partial charge in [-0.3, -0.25) is 4.79 Å². The Balaban J connectivity index is 2.18. The quantitative estimate of drug-likeness (QED) is 0.785.